The number of carboxylic acid groups (broad SMARTS) is 1. The summed E-state index contributed by atoms with van der Waals surface area (Å²) in [5.74, 6) is -0.735. The Bertz CT molecular complexity index is 1470. The van der Waals surface area contributed by atoms with E-state index >= 15 is 0 Å². The molecular formula is C31H25ClFNO5. The van der Waals surface area contributed by atoms with E-state index in [4.69, 9.17) is 21.1 Å². The Balaban J connectivity index is 1.17. The Morgan fingerprint density at radius 2 is 1.62 bits per heavy atom. The van der Waals surface area contributed by atoms with Crippen molar-refractivity contribution in [3.05, 3.63) is 119 Å². The van der Waals surface area contributed by atoms with Gasteiger partial charge in [0.05, 0.1) is 0 Å². The fourth-order valence-corrected chi connectivity index (χ4v) is 4.49. The van der Waals surface area contributed by atoms with Gasteiger partial charge in [0.15, 0.2) is 6.10 Å². The number of carbonyl (C=O) groups excluding carboxylic acids is 1. The van der Waals surface area contributed by atoms with Gasteiger partial charge in [-0.25, -0.2) is 9.18 Å². The molecule has 0 bridgehead atoms. The van der Waals surface area contributed by atoms with Crippen LogP contribution in [-0.4, -0.2) is 29.1 Å². The summed E-state index contributed by atoms with van der Waals surface area (Å²) in [6.45, 7) is 0.276. The lowest BCUT2D eigenvalue weighted by Crippen LogP contribution is -2.47. The number of carbonyl (C=O) groups is 2. The molecule has 6 nitrogen and oxygen atoms in total. The van der Waals surface area contributed by atoms with E-state index in [-0.39, 0.29) is 18.8 Å². The number of halogens is 2. The van der Waals surface area contributed by atoms with Crippen LogP contribution in [0.4, 0.5) is 4.39 Å². The quantitative estimate of drug-likeness (QED) is 0.276. The molecule has 4 aromatic rings. The Kier molecular flexibility index (Phi) is 7.79. The van der Waals surface area contributed by atoms with Gasteiger partial charge in [-0.2, -0.15) is 0 Å². The van der Waals surface area contributed by atoms with Crippen molar-refractivity contribution in [2.24, 2.45) is 0 Å². The molecule has 0 aliphatic carbocycles. The van der Waals surface area contributed by atoms with Crippen molar-refractivity contribution < 1.29 is 28.6 Å². The lowest BCUT2D eigenvalue weighted by Gasteiger charge is -2.18. The van der Waals surface area contributed by atoms with Gasteiger partial charge in [-0.3, -0.25) is 4.79 Å². The second kappa shape index (κ2) is 11.6. The number of fused-ring (bicyclic) bond motifs is 1. The van der Waals surface area contributed by atoms with Crippen LogP contribution in [0.2, 0.25) is 5.02 Å². The number of carboxylic acids is 1. The van der Waals surface area contributed by atoms with E-state index in [0.29, 0.717) is 22.9 Å². The van der Waals surface area contributed by atoms with Gasteiger partial charge in [-0.1, -0.05) is 60.1 Å². The molecule has 1 heterocycles. The number of rotatable bonds is 9. The summed E-state index contributed by atoms with van der Waals surface area (Å²) in [6.07, 6.45) is -0.363. The normalized spacial score (nSPS) is 14.7. The first-order chi connectivity index (χ1) is 18.8. The number of aliphatic carboxylic acids is 1. The third-order valence-electron chi connectivity index (χ3n) is 6.51. The minimum atomic E-state index is -1.14. The van der Waals surface area contributed by atoms with Gasteiger partial charge in [-0.05, 0) is 70.3 Å². The fourth-order valence-electron chi connectivity index (χ4n) is 4.37. The summed E-state index contributed by atoms with van der Waals surface area (Å²) in [6, 6.07) is 25.1. The van der Waals surface area contributed by atoms with Crippen molar-refractivity contribution >= 4 is 23.5 Å². The minimum Gasteiger partial charge on any atom is -0.489 e. The first-order valence-corrected chi connectivity index (χ1v) is 12.8. The van der Waals surface area contributed by atoms with Crippen LogP contribution in [-0.2, 0) is 29.0 Å². The van der Waals surface area contributed by atoms with Gasteiger partial charge in [0.2, 0.25) is 0 Å². The van der Waals surface area contributed by atoms with Gasteiger partial charge in [0, 0.05) is 17.9 Å². The van der Waals surface area contributed by atoms with Crippen LogP contribution >= 0.6 is 11.6 Å². The third kappa shape index (κ3) is 6.56. The van der Waals surface area contributed by atoms with Crippen molar-refractivity contribution in [2.45, 2.75) is 31.6 Å². The first kappa shape index (κ1) is 26.3. The minimum absolute atomic E-state index is 0.0969. The van der Waals surface area contributed by atoms with Crippen molar-refractivity contribution in [3.63, 3.8) is 0 Å². The smallest absolute Gasteiger partial charge is 0.326 e. The predicted octanol–water partition coefficient (Wildman–Crippen LogP) is 5.84. The lowest BCUT2D eigenvalue weighted by atomic mass is 10.0. The van der Waals surface area contributed by atoms with Crippen LogP contribution in [0.25, 0.3) is 11.1 Å². The molecule has 4 aromatic carbocycles. The van der Waals surface area contributed by atoms with Crippen LogP contribution < -0.4 is 14.8 Å². The Labute approximate surface area is 230 Å². The Morgan fingerprint density at radius 3 is 2.31 bits per heavy atom. The molecule has 2 unspecified atom stereocenters. The van der Waals surface area contributed by atoms with E-state index in [1.54, 1.807) is 36.4 Å². The van der Waals surface area contributed by atoms with E-state index in [9.17, 15) is 19.1 Å². The molecule has 5 rings (SSSR count). The zero-order chi connectivity index (χ0) is 27.4. The first-order valence-electron chi connectivity index (χ1n) is 12.4. The summed E-state index contributed by atoms with van der Waals surface area (Å²) in [5, 5.41) is 13.0. The van der Waals surface area contributed by atoms with Crippen molar-refractivity contribution in [2.75, 3.05) is 0 Å². The lowest BCUT2D eigenvalue weighted by molar-refractivity contribution is -0.142. The fraction of sp³-hybridized carbons (Fsp3) is 0.161. The van der Waals surface area contributed by atoms with E-state index in [0.717, 1.165) is 27.8 Å². The second-order valence-corrected chi connectivity index (χ2v) is 9.74. The molecule has 0 radical (unpaired) electrons. The highest BCUT2D eigenvalue weighted by atomic mass is 35.5. The average Bonchev–Trinajstić information content (AvgIpc) is 3.37. The van der Waals surface area contributed by atoms with E-state index in [1.807, 2.05) is 42.5 Å². The Hall–Kier alpha value is -4.36. The summed E-state index contributed by atoms with van der Waals surface area (Å²) in [5.41, 5.74) is 4.33. The highest BCUT2D eigenvalue weighted by molar-refractivity contribution is 6.30. The second-order valence-electron chi connectivity index (χ2n) is 9.30. The predicted molar refractivity (Wildman–Crippen MR) is 145 cm³/mol. The van der Waals surface area contributed by atoms with E-state index < -0.39 is 24.0 Å². The molecule has 1 aliphatic heterocycles. The van der Waals surface area contributed by atoms with Gasteiger partial charge in [0.1, 0.15) is 30.0 Å². The van der Waals surface area contributed by atoms with E-state index in [2.05, 4.69) is 5.32 Å². The summed E-state index contributed by atoms with van der Waals surface area (Å²) in [7, 11) is 0. The number of hydrogen-bond acceptors (Lipinski definition) is 4. The molecule has 0 saturated carbocycles. The van der Waals surface area contributed by atoms with Crippen LogP contribution in [0, 0.1) is 5.82 Å². The molecule has 198 valence electrons. The number of amides is 1. The van der Waals surface area contributed by atoms with Gasteiger partial charge in [0.25, 0.3) is 5.91 Å². The third-order valence-corrected chi connectivity index (χ3v) is 6.76. The molecule has 0 fully saturated rings. The number of nitrogens with one attached hydrogen (secondary N) is 1. The van der Waals surface area contributed by atoms with Gasteiger partial charge in [-0.15, -0.1) is 0 Å². The highest BCUT2D eigenvalue weighted by Crippen LogP contribution is 2.34. The summed E-state index contributed by atoms with van der Waals surface area (Å²) >= 11 is 5.98. The van der Waals surface area contributed by atoms with E-state index in [1.165, 1.54) is 12.1 Å². The average molecular weight is 546 g/mol. The van der Waals surface area contributed by atoms with Gasteiger partial charge >= 0.3 is 5.97 Å². The number of ether oxygens (including phenoxy) is 2. The van der Waals surface area contributed by atoms with Crippen LogP contribution in [0.1, 0.15) is 16.7 Å². The topological polar surface area (TPSA) is 84.9 Å². The monoisotopic (exact) mass is 545 g/mol. The molecular weight excluding hydrogens is 521 g/mol. The Morgan fingerprint density at radius 1 is 0.949 bits per heavy atom. The molecule has 2 N–H and O–H groups in total. The van der Waals surface area contributed by atoms with Crippen molar-refractivity contribution in [3.8, 4) is 22.6 Å². The van der Waals surface area contributed by atoms with Crippen molar-refractivity contribution in [1.82, 2.24) is 5.32 Å². The summed E-state index contributed by atoms with van der Waals surface area (Å²) in [4.78, 5) is 24.9. The number of hydrogen-bond donors (Lipinski definition) is 2. The van der Waals surface area contributed by atoms with Crippen LogP contribution in [0.5, 0.6) is 11.5 Å². The van der Waals surface area contributed by atoms with Gasteiger partial charge < -0.3 is 19.9 Å². The maximum Gasteiger partial charge on any atom is 0.326 e. The molecule has 0 saturated heterocycles. The molecule has 0 aromatic heterocycles. The number of benzene rings is 4. The molecule has 1 aliphatic rings. The maximum absolute atomic E-state index is 13.0. The highest BCUT2D eigenvalue weighted by Gasteiger charge is 2.32. The van der Waals surface area contributed by atoms with Crippen LogP contribution in [0.15, 0.2) is 91.0 Å². The zero-order valence-corrected chi connectivity index (χ0v) is 21.5. The molecule has 2 atom stereocenters. The maximum atomic E-state index is 13.0. The molecule has 1 amide bonds. The molecule has 39 heavy (non-hydrogen) atoms. The summed E-state index contributed by atoms with van der Waals surface area (Å²) < 4.78 is 24.7. The standard InChI is InChI=1S/C31H25ClFNO5/c32-24-9-7-21(8-10-24)22-5-6-23-17-29(39-28(23)16-22)30(35)34-27(31(36)37)15-19-3-13-26(14-4-19)38-18-20-1-11-25(33)12-2-20/h1-14,16,27,29H,15,17-18H2,(H,34,35)(H,36,37). The largest absolute Gasteiger partial charge is 0.489 e. The SMILES string of the molecule is O=C(O)C(Cc1ccc(OCc2ccc(F)cc2)cc1)NC(=O)C1Cc2ccc(-c3ccc(Cl)cc3)cc2O1. The van der Waals surface area contributed by atoms with Crippen molar-refractivity contribution in [1.29, 1.82) is 0 Å². The zero-order valence-electron chi connectivity index (χ0n) is 20.8. The van der Waals surface area contributed by atoms with Crippen LogP contribution in [0.3, 0.4) is 0 Å². The molecule has 8 heteroatoms. The molecule has 0 spiro atoms.